The highest BCUT2D eigenvalue weighted by atomic mass is 16.5. The standard InChI is InChI=1S/C31H32N4O6/c1-40-24-16-22(17-25(18-24)41-2)33-29(37)19-34-27-10-6-5-9-26(27)30(38)35(31(34)39)23-13-11-20(12-14-23)15-28(36)32-21-7-3-4-8-21/h5-6,9-14,16-18,21H,3-4,7-8,15,19H2,1-2H3,(H,32,36)(H,33,37). The highest BCUT2D eigenvalue weighted by Gasteiger charge is 2.19. The second-order valence-electron chi connectivity index (χ2n) is 10.1. The third-order valence-electron chi connectivity index (χ3n) is 7.27. The lowest BCUT2D eigenvalue weighted by Crippen LogP contribution is -2.40. The Morgan fingerprint density at radius 3 is 2.20 bits per heavy atom. The van der Waals surface area contributed by atoms with Crippen LogP contribution in [-0.2, 0) is 22.6 Å². The third-order valence-corrected chi connectivity index (χ3v) is 7.27. The Morgan fingerprint density at radius 2 is 1.54 bits per heavy atom. The molecule has 0 saturated heterocycles. The minimum absolute atomic E-state index is 0.0467. The number of hydrogen-bond acceptors (Lipinski definition) is 6. The van der Waals surface area contributed by atoms with Crippen molar-refractivity contribution in [1.82, 2.24) is 14.5 Å². The first-order chi connectivity index (χ1) is 19.9. The van der Waals surface area contributed by atoms with Gasteiger partial charge >= 0.3 is 5.69 Å². The molecule has 10 nitrogen and oxygen atoms in total. The SMILES string of the molecule is COc1cc(NC(=O)Cn2c(=O)n(-c3ccc(CC(=O)NC4CCCC4)cc3)c(=O)c3ccccc32)cc(OC)c1. The predicted octanol–water partition coefficient (Wildman–Crippen LogP) is 3.41. The van der Waals surface area contributed by atoms with E-state index in [4.69, 9.17) is 9.47 Å². The van der Waals surface area contributed by atoms with Gasteiger partial charge in [0.2, 0.25) is 11.8 Å². The Bertz CT molecular complexity index is 1680. The Hall–Kier alpha value is -4.86. The van der Waals surface area contributed by atoms with E-state index in [1.54, 1.807) is 66.7 Å². The molecule has 1 heterocycles. The van der Waals surface area contributed by atoms with Crippen molar-refractivity contribution in [1.29, 1.82) is 0 Å². The van der Waals surface area contributed by atoms with Gasteiger partial charge in [0.1, 0.15) is 18.0 Å². The molecule has 10 heteroatoms. The molecular weight excluding hydrogens is 524 g/mol. The number of para-hydroxylation sites is 1. The van der Waals surface area contributed by atoms with E-state index < -0.39 is 17.2 Å². The molecule has 212 valence electrons. The molecule has 1 fully saturated rings. The summed E-state index contributed by atoms with van der Waals surface area (Å²) in [6, 6.07) is 18.6. The molecule has 1 saturated carbocycles. The van der Waals surface area contributed by atoms with Gasteiger partial charge in [0.15, 0.2) is 0 Å². The summed E-state index contributed by atoms with van der Waals surface area (Å²) in [5.41, 5.74) is 0.746. The number of carbonyl (C=O) groups excluding carboxylic acids is 2. The normalized spacial score (nSPS) is 13.2. The van der Waals surface area contributed by atoms with Crippen molar-refractivity contribution in [3.63, 3.8) is 0 Å². The van der Waals surface area contributed by atoms with E-state index in [1.165, 1.54) is 18.8 Å². The van der Waals surface area contributed by atoms with Gasteiger partial charge in [-0.15, -0.1) is 0 Å². The Labute approximate surface area is 236 Å². The minimum atomic E-state index is -0.654. The van der Waals surface area contributed by atoms with Crippen molar-refractivity contribution >= 4 is 28.4 Å². The summed E-state index contributed by atoms with van der Waals surface area (Å²) in [5, 5.41) is 6.14. The fraction of sp³-hybridized carbons (Fsp3) is 0.290. The number of amides is 2. The molecule has 0 unspecified atom stereocenters. The summed E-state index contributed by atoms with van der Waals surface area (Å²) in [5.74, 6) is 0.474. The zero-order valence-electron chi connectivity index (χ0n) is 23.0. The van der Waals surface area contributed by atoms with Gasteiger partial charge in [0.25, 0.3) is 5.56 Å². The zero-order valence-corrected chi connectivity index (χ0v) is 23.0. The number of nitrogens with one attached hydrogen (secondary N) is 2. The number of benzene rings is 3. The number of anilines is 1. The molecular formula is C31H32N4O6. The number of rotatable bonds is 9. The maximum Gasteiger partial charge on any atom is 0.336 e. The molecule has 0 radical (unpaired) electrons. The molecule has 41 heavy (non-hydrogen) atoms. The summed E-state index contributed by atoms with van der Waals surface area (Å²) in [4.78, 5) is 52.7. The molecule has 0 aliphatic heterocycles. The maximum absolute atomic E-state index is 13.7. The fourth-order valence-electron chi connectivity index (χ4n) is 5.22. The van der Waals surface area contributed by atoms with Gasteiger partial charge < -0.3 is 20.1 Å². The first-order valence-corrected chi connectivity index (χ1v) is 13.5. The summed E-state index contributed by atoms with van der Waals surface area (Å²) < 4.78 is 12.8. The van der Waals surface area contributed by atoms with Crippen molar-refractivity contribution < 1.29 is 19.1 Å². The first kappa shape index (κ1) is 27.7. The van der Waals surface area contributed by atoms with Crippen LogP contribution in [0, 0.1) is 0 Å². The predicted molar refractivity (Wildman–Crippen MR) is 156 cm³/mol. The quantitative estimate of drug-likeness (QED) is 0.326. The summed E-state index contributed by atoms with van der Waals surface area (Å²) in [6.45, 7) is -0.335. The lowest BCUT2D eigenvalue weighted by atomic mass is 10.1. The number of ether oxygens (including phenoxy) is 2. The van der Waals surface area contributed by atoms with Crippen LogP contribution in [0.25, 0.3) is 16.6 Å². The van der Waals surface area contributed by atoms with Crippen LogP contribution in [0.4, 0.5) is 5.69 Å². The van der Waals surface area contributed by atoms with Gasteiger partial charge in [-0.3, -0.25) is 19.0 Å². The number of fused-ring (bicyclic) bond motifs is 1. The van der Waals surface area contributed by atoms with Crippen LogP contribution in [0.2, 0.25) is 0 Å². The first-order valence-electron chi connectivity index (χ1n) is 13.5. The maximum atomic E-state index is 13.7. The zero-order chi connectivity index (χ0) is 28.9. The second-order valence-corrected chi connectivity index (χ2v) is 10.1. The van der Waals surface area contributed by atoms with Gasteiger partial charge in [0.05, 0.1) is 37.2 Å². The van der Waals surface area contributed by atoms with Crippen LogP contribution in [-0.4, -0.2) is 41.2 Å². The van der Waals surface area contributed by atoms with Gasteiger partial charge in [0, 0.05) is 29.9 Å². The van der Waals surface area contributed by atoms with Crippen LogP contribution in [0.3, 0.4) is 0 Å². The molecule has 4 aromatic rings. The molecule has 0 atom stereocenters. The molecule has 3 aromatic carbocycles. The van der Waals surface area contributed by atoms with E-state index in [1.807, 2.05) is 0 Å². The fourth-order valence-corrected chi connectivity index (χ4v) is 5.22. The molecule has 0 spiro atoms. The van der Waals surface area contributed by atoms with Crippen LogP contribution < -0.4 is 31.4 Å². The second kappa shape index (κ2) is 12.1. The Morgan fingerprint density at radius 1 is 0.878 bits per heavy atom. The molecule has 1 aliphatic carbocycles. The van der Waals surface area contributed by atoms with E-state index in [9.17, 15) is 19.2 Å². The lowest BCUT2D eigenvalue weighted by molar-refractivity contribution is -0.121. The molecule has 0 bridgehead atoms. The van der Waals surface area contributed by atoms with Gasteiger partial charge in [-0.2, -0.15) is 0 Å². The number of nitrogens with zero attached hydrogens (tertiary/aromatic N) is 2. The Kier molecular flexibility index (Phi) is 8.19. The van der Waals surface area contributed by atoms with E-state index >= 15 is 0 Å². The van der Waals surface area contributed by atoms with E-state index in [-0.39, 0.29) is 24.9 Å². The summed E-state index contributed by atoms with van der Waals surface area (Å²) in [7, 11) is 3.01. The average molecular weight is 557 g/mol. The molecule has 2 amide bonds. The van der Waals surface area contributed by atoms with Crippen molar-refractivity contribution in [3.8, 4) is 17.2 Å². The monoisotopic (exact) mass is 556 g/mol. The van der Waals surface area contributed by atoms with Crippen LogP contribution in [0.5, 0.6) is 11.5 Å². The smallest absolute Gasteiger partial charge is 0.336 e. The van der Waals surface area contributed by atoms with Crippen LogP contribution in [0.1, 0.15) is 31.2 Å². The number of aromatic nitrogens is 2. The highest BCUT2D eigenvalue weighted by Crippen LogP contribution is 2.26. The van der Waals surface area contributed by atoms with E-state index in [2.05, 4.69) is 10.6 Å². The topological polar surface area (TPSA) is 121 Å². The summed E-state index contributed by atoms with van der Waals surface area (Å²) >= 11 is 0. The third kappa shape index (κ3) is 6.16. The molecule has 2 N–H and O–H groups in total. The largest absolute Gasteiger partial charge is 0.497 e. The van der Waals surface area contributed by atoms with Crippen molar-refractivity contribution in [2.45, 2.75) is 44.7 Å². The molecule has 5 rings (SSSR count). The lowest BCUT2D eigenvalue weighted by Gasteiger charge is -2.15. The van der Waals surface area contributed by atoms with Crippen LogP contribution in [0.15, 0.2) is 76.3 Å². The summed E-state index contributed by atoms with van der Waals surface area (Å²) in [6.07, 6.45) is 4.49. The number of carbonyl (C=O) groups is 2. The average Bonchev–Trinajstić information content (AvgIpc) is 3.49. The highest BCUT2D eigenvalue weighted by molar-refractivity contribution is 5.92. The number of hydrogen-bond donors (Lipinski definition) is 2. The minimum Gasteiger partial charge on any atom is -0.497 e. The van der Waals surface area contributed by atoms with Crippen molar-refractivity contribution in [2.24, 2.45) is 0 Å². The van der Waals surface area contributed by atoms with Crippen molar-refractivity contribution in [3.05, 3.63) is 93.1 Å². The van der Waals surface area contributed by atoms with Crippen molar-refractivity contribution in [2.75, 3.05) is 19.5 Å². The van der Waals surface area contributed by atoms with E-state index in [0.29, 0.717) is 33.8 Å². The van der Waals surface area contributed by atoms with Gasteiger partial charge in [-0.05, 0) is 42.7 Å². The van der Waals surface area contributed by atoms with E-state index in [0.717, 1.165) is 35.8 Å². The Balaban J connectivity index is 1.43. The molecule has 1 aromatic heterocycles. The van der Waals surface area contributed by atoms with Gasteiger partial charge in [-0.1, -0.05) is 37.1 Å². The molecule has 1 aliphatic rings. The van der Waals surface area contributed by atoms with Gasteiger partial charge in [-0.25, -0.2) is 9.36 Å². The van der Waals surface area contributed by atoms with Crippen LogP contribution >= 0.6 is 0 Å². The number of methoxy groups -OCH3 is 2.